The number of nitrogens with one attached hydrogen (secondary N) is 1. The zero-order valence-corrected chi connectivity index (χ0v) is 13.1. The van der Waals surface area contributed by atoms with E-state index in [0.717, 1.165) is 19.3 Å². The molecule has 1 aromatic rings. The number of likely N-dealkylation sites (tertiary alicyclic amines) is 1. The van der Waals surface area contributed by atoms with Gasteiger partial charge < -0.3 is 15.3 Å². The van der Waals surface area contributed by atoms with Crippen LogP contribution in [0.15, 0.2) is 24.3 Å². The highest BCUT2D eigenvalue weighted by Crippen LogP contribution is 2.34. The quantitative estimate of drug-likeness (QED) is 0.878. The number of hydrogen-bond acceptors (Lipinski definition) is 2. The van der Waals surface area contributed by atoms with E-state index in [0.29, 0.717) is 31.6 Å². The lowest BCUT2D eigenvalue weighted by Gasteiger charge is -2.40. The molecule has 2 rings (SSSR count). The van der Waals surface area contributed by atoms with Crippen LogP contribution in [-0.4, -0.2) is 42.3 Å². The van der Waals surface area contributed by atoms with E-state index < -0.39 is 0 Å². The number of carbonyl (C=O) groups is 1. The Labute approximate surface area is 131 Å². The van der Waals surface area contributed by atoms with Crippen LogP contribution in [0, 0.1) is 11.2 Å². The van der Waals surface area contributed by atoms with Gasteiger partial charge in [0.1, 0.15) is 5.82 Å². The Hall–Kier alpha value is -1.62. The number of amides is 2. The second-order valence-corrected chi connectivity index (χ2v) is 6.07. The van der Waals surface area contributed by atoms with Crippen LogP contribution in [0.1, 0.15) is 31.7 Å². The van der Waals surface area contributed by atoms with Gasteiger partial charge >= 0.3 is 6.03 Å². The summed E-state index contributed by atoms with van der Waals surface area (Å²) >= 11 is 0. The first-order chi connectivity index (χ1) is 10.6. The molecule has 1 heterocycles. The molecule has 1 aliphatic heterocycles. The van der Waals surface area contributed by atoms with E-state index in [-0.39, 0.29) is 23.9 Å². The maximum atomic E-state index is 13.5. The average Bonchev–Trinajstić information content (AvgIpc) is 2.56. The van der Waals surface area contributed by atoms with Crippen molar-refractivity contribution in [1.82, 2.24) is 10.2 Å². The van der Waals surface area contributed by atoms with Crippen LogP contribution in [0.3, 0.4) is 0 Å². The van der Waals surface area contributed by atoms with Gasteiger partial charge in [0.15, 0.2) is 0 Å². The topological polar surface area (TPSA) is 52.6 Å². The number of halogens is 1. The van der Waals surface area contributed by atoms with Crippen LogP contribution in [-0.2, 0) is 6.42 Å². The normalized spacial score (nSPS) is 17.3. The molecule has 2 amide bonds. The first kappa shape index (κ1) is 16.7. The lowest BCUT2D eigenvalue weighted by molar-refractivity contribution is 0.0520. The van der Waals surface area contributed by atoms with Crippen LogP contribution in [0.25, 0.3) is 0 Å². The molecule has 0 aliphatic carbocycles. The SMILES string of the molecule is CCC1(CO)CCN(C(=O)NCCc2ccccc2F)CC1. The number of urea groups is 1. The number of benzene rings is 1. The minimum atomic E-state index is -0.231. The van der Waals surface area contributed by atoms with Crippen molar-refractivity contribution in [2.24, 2.45) is 5.41 Å². The maximum absolute atomic E-state index is 13.5. The van der Waals surface area contributed by atoms with Gasteiger partial charge in [0.05, 0.1) is 0 Å². The summed E-state index contributed by atoms with van der Waals surface area (Å²) < 4.78 is 13.5. The largest absolute Gasteiger partial charge is 0.396 e. The molecular weight excluding hydrogens is 283 g/mol. The van der Waals surface area contributed by atoms with E-state index in [1.807, 2.05) is 0 Å². The monoisotopic (exact) mass is 308 g/mol. The van der Waals surface area contributed by atoms with Crippen molar-refractivity contribution in [3.8, 4) is 0 Å². The van der Waals surface area contributed by atoms with Crippen molar-refractivity contribution in [2.45, 2.75) is 32.6 Å². The minimum Gasteiger partial charge on any atom is -0.396 e. The average molecular weight is 308 g/mol. The molecule has 4 nitrogen and oxygen atoms in total. The van der Waals surface area contributed by atoms with Crippen LogP contribution >= 0.6 is 0 Å². The Kier molecular flexibility index (Phi) is 5.77. The molecule has 0 aromatic heterocycles. The number of carbonyl (C=O) groups excluding carboxylic acids is 1. The van der Waals surface area contributed by atoms with Crippen molar-refractivity contribution in [3.05, 3.63) is 35.6 Å². The van der Waals surface area contributed by atoms with Gasteiger partial charge in [-0.1, -0.05) is 25.1 Å². The van der Waals surface area contributed by atoms with Gasteiger partial charge in [-0.3, -0.25) is 0 Å². The summed E-state index contributed by atoms with van der Waals surface area (Å²) in [5.74, 6) is -0.231. The van der Waals surface area contributed by atoms with Crippen LogP contribution in [0.4, 0.5) is 9.18 Å². The van der Waals surface area contributed by atoms with Crippen LogP contribution < -0.4 is 5.32 Å². The highest BCUT2D eigenvalue weighted by atomic mass is 19.1. The van der Waals surface area contributed by atoms with E-state index in [9.17, 15) is 14.3 Å². The summed E-state index contributed by atoms with van der Waals surface area (Å²) in [4.78, 5) is 13.9. The second kappa shape index (κ2) is 7.58. The van der Waals surface area contributed by atoms with E-state index in [4.69, 9.17) is 0 Å². The molecule has 0 unspecified atom stereocenters. The van der Waals surface area contributed by atoms with Crippen LogP contribution in [0.5, 0.6) is 0 Å². The standard InChI is InChI=1S/C17H25FN2O2/c1-2-17(13-21)8-11-20(12-9-17)16(22)19-10-7-14-5-3-4-6-15(14)18/h3-6,21H,2,7-13H2,1H3,(H,19,22). The second-order valence-electron chi connectivity index (χ2n) is 6.07. The fourth-order valence-corrected chi connectivity index (χ4v) is 2.92. The number of nitrogens with zero attached hydrogens (tertiary/aromatic N) is 1. The Bertz CT molecular complexity index is 493. The molecule has 122 valence electrons. The molecule has 0 spiro atoms. The van der Waals surface area contributed by atoms with E-state index in [1.54, 1.807) is 23.1 Å². The lowest BCUT2D eigenvalue weighted by Crippen LogP contribution is -2.48. The fraction of sp³-hybridized carbons (Fsp3) is 0.588. The number of rotatable bonds is 5. The molecule has 0 saturated carbocycles. The van der Waals surface area contributed by atoms with Gasteiger partial charge in [-0.2, -0.15) is 0 Å². The van der Waals surface area contributed by atoms with Gasteiger partial charge in [-0.05, 0) is 42.7 Å². The summed E-state index contributed by atoms with van der Waals surface area (Å²) in [6.45, 7) is 4.03. The van der Waals surface area contributed by atoms with Gasteiger partial charge in [0.2, 0.25) is 0 Å². The molecule has 0 radical (unpaired) electrons. The number of aliphatic hydroxyl groups is 1. The first-order valence-electron chi connectivity index (χ1n) is 7.97. The third-order valence-electron chi connectivity index (χ3n) is 4.83. The van der Waals surface area contributed by atoms with Gasteiger partial charge in [-0.25, -0.2) is 9.18 Å². The predicted molar refractivity (Wildman–Crippen MR) is 84.1 cm³/mol. The molecule has 0 atom stereocenters. The van der Waals surface area contributed by atoms with E-state index in [2.05, 4.69) is 12.2 Å². The number of piperidine rings is 1. The Morgan fingerprint density at radius 2 is 2.05 bits per heavy atom. The third kappa shape index (κ3) is 3.97. The smallest absolute Gasteiger partial charge is 0.317 e. The summed E-state index contributed by atoms with van der Waals surface area (Å²) in [5.41, 5.74) is 0.593. The highest BCUT2D eigenvalue weighted by Gasteiger charge is 2.33. The fourth-order valence-electron chi connectivity index (χ4n) is 2.92. The van der Waals surface area contributed by atoms with Crippen molar-refractivity contribution in [1.29, 1.82) is 0 Å². The van der Waals surface area contributed by atoms with E-state index in [1.165, 1.54) is 6.07 Å². The Morgan fingerprint density at radius 1 is 1.36 bits per heavy atom. The minimum absolute atomic E-state index is 0.0239. The molecular formula is C17H25FN2O2. The van der Waals surface area contributed by atoms with Crippen LogP contribution in [0.2, 0.25) is 0 Å². The predicted octanol–water partition coefficient (Wildman–Crippen LogP) is 2.56. The Morgan fingerprint density at radius 3 is 2.64 bits per heavy atom. The number of hydrogen-bond donors (Lipinski definition) is 2. The summed E-state index contributed by atoms with van der Waals surface area (Å²) in [6.07, 6.45) is 3.09. The molecule has 1 aliphatic rings. The van der Waals surface area contributed by atoms with Crippen molar-refractivity contribution in [2.75, 3.05) is 26.2 Å². The van der Waals surface area contributed by atoms with Gasteiger partial charge in [0, 0.05) is 26.2 Å². The summed E-state index contributed by atoms with van der Waals surface area (Å²) in [7, 11) is 0. The van der Waals surface area contributed by atoms with Gasteiger partial charge in [0.25, 0.3) is 0 Å². The zero-order chi connectivity index (χ0) is 16.0. The zero-order valence-electron chi connectivity index (χ0n) is 13.1. The van der Waals surface area contributed by atoms with Crippen molar-refractivity contribution < 1.29 is 14.3 Å². The highest BCUT2D eigenvalue weighted by molar-refractivity contribution is 5.74. The first-order valence-corrected chi connectivity index (χ1v) is 7.97. The Balaban J connectivity index is 1.76. The summed E-state index contributed by atoms with van der Waals surface area (Å²) in [6, 6.07) is 6.52. The third-order valence-corrected chi connectivity index (χ3v) is 4.83. The summed E-state index contributed by atoms with van der Waals surface area (Å²) in [5, 5.41) is 12.4. The molecule has 0 bridgehead atoms. The van der Waals surface area contributed by atoms with Gasteiger partial charge in [-0.15, -0.1) is 0 Å². The molecule has 1 aromatic carbocycles. The molecule has 2 N–H and O–H groups in total. The van der Waals surface area contributed by atoms with E-state index >= 15 is 0 Å². The molecule has 1 saturated heterocycles. The molecule has 5 heteroatoms. The molecule has 22 heavy (non-hydrogen) atoms. The lowest BCUT2D eigenvalue weighted by atomic mass is 9.77. The molecule has 1 fully saturated rings. The maximum Gasteiger partial charge on any atom is 0.317 e. The van der Waals surface area contributed by atoms with Crippen molar-refractivity contribution in [3.63, 3.8) is 0 Å². The number of aliphatic hydroxyl groups excluding tert-OH is 1. The van der Waals surface area contributed by atoms with Crippen molar-refractivity contribution >= 4 is 6.03 Å².